The minimum Gasteiger partial charge on any atom is -0.459 e. The Morgan fingerprint density at radius 2 is 2.16 bits per heavy atom. The van der Waals surface area contributed by atoms with Gasteiger partial charge in [0.05, 0.1) is 5.92 Å². The third-order valence-electron chi connectivity index (χ3n) is 3.20. The Bertz CT molecular complexity index is 491. The van der Waals surface area contributed by atoms with Crippen LogP contribution in [0.15, 0.2) is 18.2 Å². The topological polar surface area (TPSA) is 31.2 Å². The molecule has 0 bridgehead atoms. The molecule has 0 aromatic carbocycles. The normalized spacial score (nSPS) is 18.2. The molecule has 2 rings (SSSR count). The number of hydrogen-bond donors (Lipinski definition) is 0. The van der Waals surface area contributed by atoms with Gasteiger partial charge in [0.15, 0.2) is 0 Å². The molecule has 1 aromatic rings. The van der Waals surface area contributed by atoms with Crippen LogP contribution in [0.3, 0.4) is 0 Å². The number of carbonyl (C=O) groups excluding carboxylic acids is 1. The Morgan fingerprint density at radius 3 is 2.79 bits per heavy atom. The van der Waals surface area contributed by atoms with Crippen LogP contribution in [0.5, 0.6) is 0 Å². The van der Waals surface area contributed by atoms with E-state index in [2.05, 4.69) is 23.6 Å². The van der Waals surface area contributed by atoms with Crippen molar-refractivity contribution in [2.45, 2.75) is 52.7 Å². The molecule has 0 unspecified atom stereocenters. The van der Waals surface area contributed by atoms with Gasteiger partial charge in [-0.1, -0.05) is 19.4 Å². The summed E-state index contributed by atoms with van der Waals surface area (Å²) in [5.74, 6) is -0.305. The van der Waals surface area contributed by atoms with Gasteiger partial charge in [-0.05, 0) is 45.4 Å². The summed E-state index contributed by atoms with van der Waals surface area (Å²) in [5.41, 5.74) is 2.06. The second kappa shape index (κ2) is 5.24. The number of esters is 1. The summed E-state index contributed by atoms with van der Waals surface area (Å²) in [5, 5.41) is 0. The summed E-state index contributed by atoms with van der Waals surface area (Å²) in [7, 11) is 0. The van der Waals surface area contributed by atoms with Crippen molar-refractivity contribution >= 4 is 12.0 Å². The van der Waals surface area contributed by atoms with Crippen LogP contribution >= 0.6 is 0 Å². The lowest BCUT2D eigenvalue weighted by Gasteiger charge is -2.25. The van der Waals surface area contributed by atoms with Crippen LogP contribution in [0.1, 0.15) is 45.5 Å². The predicted octanol–water partition coefficient (Wildman–Crippen LogP) is 3.43. The van der Waals surface area contributed by atoms with Crippen LogP contribution in [0, 0.1) is 5.92 Å². The molecule has 3 nitrogen and oxygen atoms in total. The van der Waals surface area contributed by atoms with Gasteiger partial charge >= 0.3 is 5.97 Å². The number of hydrogen-bond acceptors (Lipinski definition) is 2. The molecular formula is C16H23NO2. The molecule has 19 heavy (non-hydrogen) atoms. The van der Waals surface area contributed by atoms with Crippen LogP contribution < -0.4 is 0 Å². The van der Waals surface area contributed by atoms with Crippen molar-refractivity contribution in [2.75, 3.05) is 0 Å². The van der Waals surface area contributed by atoms with Crippen LogP contribution in [-0.2, 0) is 22.5 Å². The van der Waals surface area contributed by atoms with Crippen molar-refractivity contribution in [2.24, 2.45) is 5.92 Å². The van der Waals surface area contributed by atoms with Crippen LogP contribution in [0.25, 0.3) is 6.08 Å². The predicted molar refractivity (Wildman–Crippen MR) is 76.8 cm³/mol. The first kappa shape index (κ1) is 13.9. The maximum Gasteiger partial charge on any atom is 0.315 e. The van der Waals surface area contributed by atoms with Gasteiger partial charge in [-0.15, -0.1) is 0 Å². The van der Waals surface area contributed by atoms with E-state index in [-0.39, 0.29) is 11.9 Å². The van der Waals surface area contributed by atoms with Crippen molar-refractivity contribution in [1.82, 2.24) is 4.57 Å². The highest BCUT2D eigenvalue weighted by Gasteiger charge is 2.26. The zero-order valence-corrected chi connectivity index (χ0v) is 12.3. The van der Waals surface area contributed by atoms with E-state index >= 15 is 0 Å². The molecule has 0 aliphatic carbocycles. The third kappa shape index (κ3) is 3.28. The Hall–Kier alpha value is -1.51. The number of carbonyl (C=O) groups is 1. The average molecular weight is 261 g/mol. The van der Waals surface area contributed by atoms with E-state index in [4.69, 9.17) is 4.74 Å². The van der Waals surface area contributed by atoms with Gasteiger partial charge in [0, 0.05) is 17.9 Å². The van der Waals surface area contributed by atoms with Gasteiger partial charge in [-0.25, -0.2) is 0 Å². The lowest BCUT2D eigenvalue weighted by molar-refractivity contribution is -0.158. The SMILES string of the molecule is CCCc1ccc2n1C[C@@H](C(=O)OC(C)(C)C)C=C2. The lowest BCUT2D eigenvalue weighted by Crippen LogP contribution is -2.31. The molecule has 2 heterocycles. The van der Waals surface area contributed by atoms with Gasteiger partial charge < -0.3 is 9.30 Å². The molecule has 0 amide bonds. The van der Waals surface area contributed by atoms with Crippen molar-refractivity contribution in [3.05, 3.63) is 29.6 Å². The quantitative estimate of drug-likeness (QED) is 0.781. The minimum atomic E-state index is -0.422. The van der Waals surface area contributed by atoms with Gasteiger partial charge in [0.1, 0.15) is 5.60 Å². The van der Waals surface area contributed by atoms with E-state index in [0.29, 0.717) is 6.54 Å². The standard InChI is InChI=1S/C16H23NO2/c1-5-6-13-9-10-14-8-7-12(11-17(13)14)15(18)19-16(2,3)4/h7-10,12H,5-6,11H2,1-4H3/t12-/m0/s1. The molecule has 0 saturated carbocycles. The number of ether oxygens (including phenoxy) is 1. The summed E-state index contributed by atoms with van der Waals surface area (Å²) >= 11 is 0. The molecule has 3 heteroatoms. The molecular weight excluding hydrogens is 238 g/mol. The number of fused-ring (bicyclic) bond motifs is 1. The van der Waals surface area contributed by atoms with Crippen molar-refractivity contribution in [3.63, 3.8) is 0 Å². The Balaban J connectivity index is 2.12. The smallest absolute Gasteiger partial charge is 0.315 e. The molecule has 0 saturated heterocycles. The first-order valence-corrected chi connectivity index (χ1v) is 7.00. The van der Waals surface area contributed by atoms with Crippen molar-refractivity contribution < 1.29 is 9.53 Å². The van der Waals surface area contributed by atoms with Gasteiger partial charge in [0.2, 0.25) is 0 Å². The summed E-state index contributed by atoms with van der Waals surface area (Å²) in [6.07, 6.45) is 6.15. The third-order valence-corrected chi connectivity index (χ3v) is 3.20. The summed E-state index contributed by atoms with van der Waals surface area (Å²) < 4.78 is 7.70. The van der Waals surface area contributed by atoms with Crippen LogP contribution in [-0.4, -0.2) is 16.1 Å². The fourth-order valence-corrected chi connectivity index (χ4v) is 2.37. The van der Waals surface area contributed by atoms with Crippen LogP contribution in [0.2, 0.25) is 0 Å². The van der Waals surface area contributed by atoms with Gasteiger partial charge in [0.25, 0.3) is 0 Å². The first-order chi connectivity index (χ1) is 8.90. The Kier molecular flexibility index (Phi) is 3.83. The van der Waals surface area contributed by atoms with E-state index in [9.17, 15) is 4.79 Å². The lowest BCUT2D eigenvalue weighted by atomic mass is 10.0. The fraction of sp³-hybridized carbons (Fsp3) is 0.562. The zero-order chi connectivity index (χ0) is 14.0. The fourth-order valence-electron chi connectivity index (χ4n) is 2.37. The van der Waals surface area contributed by atoms with Gasteiger partial charge in [-0.2, -0.15) is 0 Å². The molecule has 0 radical (unpaired) electrons. The average Bonchev–Trinajstić information content (AvgIpc) is 2.70. The summed E-state index contributed by atoms with van der Waals surface area (Å²) in [6, 6.07) is 4.27. The molecule has 1 atom stereocenters. The summed E-state index contributed by atoms with van der Waals surface area (Å²) in [6.45, 7) is 8.58. The number of aryl methyl sites for hydroxylation is 1. The second-order valence-electron chi connectivity index (χ2n) is 6.11. The maximum atomic E-state index is 12.1. The van der Waals surface area contributed by atoms with Gasteiger partial charge in [-0.3, -0.25) is 4.79 Å². The highest BCUT2D eigenvalue weighted by molar-refractivity contribution is 5.77. The van der Waals surface area contributed by atoms with E-state index < -0.39 is 5.60 Å². The molecule has 1 aromatic heterocycles. The highest BCUT2D eigenvalue weighted by Crippen LogP contribution is 2.23. The van der Waals surface area contributed by atoms with E-state index in [1.807, 2.05) is 32.9 Å². The maximum absolute atomic E-state index is 12.1. The largest absolute Gasteiger partial charge is 0.459 e. The molecule has 1 aliphatic heterocycles. The Morgan fingerprint density at radius 1 is 1.42 bits per heavy atom. The molecule has 0 fully saturated rings. The molecule has 1 aliphatic rings. The highest BCUT2D eigenvalue weighted by atomic mass is 16.6. The zero-order valence-electron chi connectivity index (χ0n) is 12.3. The van der Waals surface area contributed by atoms with E-state index in [1.54, 1.807) is 0 Å². The number of nitrogens with zero attached hydrogens (tertiary/aromatic N) is 1. The molecule has 104 valence electrons. The number of aromatic nitrogens is 1. The van der Waals surface area contributed by atoms with Crippen molar-refractivity contribution in [1.29, 1.82) is 0 Å². The monoisotopic (exact) mass is 261 g/mol. The Labute approximate surface area is 115 Å². The van der Waals surface area contributed by atoms with Crippen molar-refractivity contribution in [3.8, 4) is 0 Å². The van der Waals surface area contributed by atoms with E-state index in [0.717, 1.165) is 12.8 Å². The first-order valence-electron chi connectivity index (χ1n) is 7.00. The summed E-state index contributed by atoms with van der Waals surface area (Å²) in [4.78, 5) is 12.1. The van der Waals surface area contributed by atoms with E-state index in [1.165, 1.54) is 11.4 Å². The second-order valence-corrected chi connectivity index (χ2v) is 6.11. The number of rotatable bonds is 3. The van der Waals surface area contributed by atoms with Crippen LogP contribution in [0.4, 0.5) is 0 Å². The minimum absolute atomic E-state index is 0.134. The molecule has 0 spiro atoms. The molecule has 0 N–H and O–H groups in total.